The van der Waals surface area contributed by atoms with Crippen LogP contribution in [0.5, 0.6) is 0 Å². The van der Waals surface area contributed by atoms with Crippen molar-refractivity contribution in [2.24, 2.45) is 0 Å². The first kappa shape index (κ1) is 12.5. The number of aryl methyl sites for hydroxylation is 1. The van der Waals surface area contributed by atoms with Crippen LogP contribution in [0.25, 0.3) is 6.08 Å². The van der Waals surface area contributed by atoms with Gasteiger partial charge in [-0.05, 0) is 30.2 Å². The van der Waals surface area contributed by atoms with Crippen LogP contribution in [0.2, 0.25) is 0 Å². The summed E-state index contributed by atoms with van der Waals surface area (Å²) in [5, 5.41) is 0. The Morgan fingerprint density at radius 3 is 2.56 bits per heavy atom. The third-order valence-corrected chi connectivity index (χ3v) is 2.14. The molecular weight excluding hydrogens is 217 g/mol. The van der Waals surface area contributed by atoms with Crippen molar-refractivity contribution >= 4 is 12.4 Å². The lowest BCUT2D eigenvalue weighted by Gasteiger charge is -2.08. The van der Waals surface area contributed by atoms with Crippen LogP contribution in [0.4, 0.5) is 13.2 Å². The van der Waals surface area contributed by atoms with Crippen LogP contribution in [0.15, 0.2) is 24.3 Å². The molecule has 0 aliphatic rings. The molecule has 0 aliphatic carbocycles. The molecule has 0 aliphatic heterocycles. The number of hydrogen-bond acceptors (Lipinski definition) is 1. The summed E-state index contributed by atoms with van der Waals surface area (Å²) in [5.74, 6) is 0. The van der Waals surface area contributed by atoms with Crippen molar-refractivity contribution in [3.63, 3.8) is 0 Å². The lowest BCUT2D eigenvalue weighted by Crippen LogP contribution is -2.05. The maximum absolute atomic E-state index is 12.4. The molecule has 1 nitrogen and oxygen atoms in total. The summed E-state index contributed by atoms with van der Waals surface area (Å²) in [4.78, 5) is 10.1. The van der Waals surface area contributed by atoms with Gasteiger partial charge in [-0.3, -0.25) is 0 Å². The summed E-state index contributed by atoms with van der Waals surface area (Å²) < 4.78 is 37.2. The summed E-state index contributed by atoms with van der Waals surface area (Å²) in [6.07, 6.45) is -0.370. The largest absolute Gasteiger partial charge is 0.416 e. The van der Waals surface area contributed by atoms with E-state index in [9.17, 15) is 18.0 Å². The minimum absolute atomic E-state index is 0.204. The number of carbonyl (C=O) groups excluding carboxylic acids is 1. The zero-order valence-corrected chi connectivity index (χ0v) is 8.71. The highest BCUT2D eigenvalue weighted by molar-refractivity contribution is 5.60. The van der Waals surface area contributed by atoms with Gasteiger partial charge in [-0.25, -0.2) is 0 Å². The predicted octanol–water partition coefficient (Wildman–Crippen LogP) is 3.62. The fraction of sp³-hybridized carbons (Fsp3) is 0.250. The Hall–Kier alpha value is -1.58. The topological polar surface area (TPSA) is 17.1 Å². The molecule has 1 aromatic rings. The predicted molar refractivity (Wildman–Crippen MR) is 55.9 cm³/mol. The van der Waals surface area contributed by atoms with E-state index in [2.05, 4.69) is 0 Å². The molecule has 1 aromatic carbocycles. The van der Waals surface area contributed by atoms with E-state index in [1.807, 2.05) is 0 Å². The van der Waals surface area contributed by atoms with Gasteiger partial charge in [-0.2, -0.15) is 13.2 Å². The molecule has 0 spiro atoms. The number of rotatable bonds is 3. The number of allylic oxidation sites excluding steroid dienone is 1. The van der Waals surface area contributed by atoms with Crippen LogP contribution in [-0.2, 0) is 11.0 Å². The first-order valence-corrected chi connectivity index (χ1v) is 4.73. The number of hydrogen-bond donors (Lipinski definition) is 0. The molecule has 1 rings (SSSR count). The van der Waals surface area contributed by atoms with E-state index < -0.39 is 11.7 Å². The van der Waals surface area contributed by atoms with Crippen molar-refractivity contribution in [2.75, 3.05) is 0 Å². The smallest absolute Gasteiger partial charge is 0.303 e. The Kier molecular flexibility index (Phi) is 3.88. The average Bonchev–Trinajstić information content (AvgIpc) is 2.19. The van der Waals surface area contributed by atoms with Gasteiger partial charge in [-0.15, -0.1) is 0 Å². The second-order valence-corrected chi connectivity index (χ2v) is 3.37. The van der Waals surface area contributed by atoms with Crippen LogP contribution in [0.3, 0.4) is 0 Å². The van der Waals surface area contributed by atoms with Gasteiger partial charge >= 0.3 is 6.18 Å². The van der Waals surface area contributed by atoms with Gasteiger partial charge in [-0.1, -0.05) is 18.2 Å². The Morgan fingerprint density at radius 1 is 1.31 bits per heavy atom. The van der Waals surface area contributed by atoms with Crippen molar-refractivity contribution in [3.8, 4) is 0 Å². The monoisotopic (exact) mass is 228 g/mol. The number of alkyl halides is 3. The van der Waals surface area contributed by atoms with Crippen molar-refractivity contribution in [1.29, 1.82) is 0 Å². The first-order valence-electron chi connectivity index (χ1n) is 4.73. The van der Waals surface area contributed by atoms with Gasteiger partial charge in [0.05, 0.1) is 5.56 Å². The zero-order valence-electron chi connectivity index (χ0n) is 8.71. The van der Waals surface area contributed by atoms with Crippen molar-refractivity contribution in [2.45, 2.75) is 19.5 Å². The molecule has 0 amide bonds. The highest BCUT2D eigenvalue weighted by atomic mass is 19.4. The molecule has 0 heterocycles. The minimum atomic E-state index is -4.33. The standard InChI is InChI=1S/C12H11F3O/c1-9-5-6-11(12(13,14)15)8-10(9)4-2-3-7-16/h2,4-8H,3H2,1H3. The third-order valence-electron chi connectivity index (χ3n) is 2.14. The lowest BCUT2D eigenvalue weighted by atomic mass is 10.0. The van der Waals surface area contributed by atoms with E-state index in [-0.39, 0.29) is 6.42 Å². The Labute approximate surface area is 91.6 Å². The molecule has 0 saturated heterocycles. The second-order valence-electron chi connectivity index (χ2n) is 3.37. The van der Waals surface area contributed by atoms with E-state index in [1.165, 1.54) is 18.2 Å². The fourth-order valence-corrected chi connectivity index (χ4v) is 1.25. The molecule has 0 radical (unpaired) electrons. The van der Waals surface area contributed by atoms with Crippen molar-refractivity contribution in [1.82, 2.24) is 0 Å². The third kappa shape index (κ3) is 3.22. The maximum Gasteiger partial charge on any atom is 0.416 e. The Bertz CT molecular complexity index is 405. The molecule has 16 heavy (non-hydrogen) atoms. The average molecular weight is 228 g/mol. The molecule has 0 saturated carbocycles. The van der Waals surface area contributed by atoms with Crippen LogP contribution in [-0.4, -0.2) is 6.29 Å². The molecule has 0 atom stereocenters. The first-order chi connectivity index (χ1) is 7.45. The summed E-state index contributed by atoms with van der Waals surface area (Å²) in [5.41, 5.74) is 0.552. The molecule has 0 bridgehead atoms. The Balaban J connectivity index is 3.04. The molecule has 0 fully saturated rings. The van der Waals surface area contributed by atoms with Gasteiger partial charge < -0.3 is 4.79 Å². The van der Waals surface area contributed by atoms with Crippen molar-refractivity contribution in [3.05, 3.63) is 41.0 Å². The van der Waals surface area contributed by atoms with Gasteiger partial charge in [0, 0.05) is 6.42 Å². The molecule has 0 N–H and O–H groups in total. The highest BCUT2D eigenvalue weighted by Crippen LogP contribution is 2.30. The van der Waals surface area contributed by atoms with Crippen LogP contribution in [0.1, 0.15) is 23.1 Å². The van der Waals surface area contributed by atoms with E-state index >= 15 is 0 Å². The number of benzene rings is 1. The van der Waals surface area contributed by atoms with Gasteiger partial charge in [0.25, 0.3) is 0 Å². The summed E-state index contributed by atoms with van der Waals surface area (Å²) in [7, 11) is 0. The highest BCUT2D eigenvalue weighted by Gasteiger charge is 2.30. The van der Waals surface area contributed by atoms with Gasteiger partial charge in [0.2, 0.25) is 0 Å². The van der Waals surface area contributed by atoms with Crippen LogP contribution in [0, 0.1) is 6.92 Å². The van der Waals surface area contributed by atoms with E-state index in [4.69, 9.17) is 0 Å². The summed E-state index contributed by atoms with van der Waals surface area (Å²) in [6, 6.07) is 3.55. The molecule has 0 unspecified atom stereocenters. The maximum atomic E-state index is 12.4. The molecular formula is C12H11F3O. The Morgan fingerprint density at radius 2 is 2.00 bits per heavy atom. The van der Waals surface area contributed by atoms with Crippen molar-refractivity contribution < 1.29 is 18.0 Å². The van der Waals surface area contributed by atoms with Gasteiger partial charge in [0.1, 0.15) is 6.29 Å². The number of carbonyl (C=O) groups is 1. The molecule has 4 heteroatoms. The quantitative estimate of drug-likeness (QED) is 0.722. The van der Waals surface area contributed by atoms with E-state index in [0.29, 0.717) is 11.8 Å². The zero-order chi connectivity index (χ0) is 12.2. The summed E-state index contributed by atoms with van der Waals surface area (Å²) in [6.45, 7) is 1.72. The van der Waals surface area contributed by atoms with Crippen LogP contribution < -0.4 is 0 Å². The minimum Gasteiger partial charge on any atom is -0.303 e. The molecule has 0 aromatic heterocycles. The second kappa shape index (κ2) is 4.96. The number of aldehydes is 1. The number of halogens is 3. The van der Waals surface area contributed by atoms with Crippen LogP contribution >= 0.6 is 0 Å². The molecule has 86 valence electrons. The lowest BCUT2D eigenvalue weighted by molar-refractivity contribution is -0.137. The normalized spacial score (nSPS) is 12.0. The van der Waals surface area contributed by atoms with E-state index in [1.54, 1.807) is 6.92 Å². The van der Waals surface area contributed by atoms with E-state index in [0.717, 1.165) is 17.7 Å². The fourth-order valence-electron chi connectivity index (χ4n) is 1.25. The van der Waals surface area contributed by atoms with Gasteiger partial charge in [0.15, 0.2) is 0 Å². The SMILES string of the molecule is Cc1ccc(C(F)(F)F)cc1C=CCC=O. The summed E-state index contributed by atoms with van der Waals surface area (Å²) >= 11 is 0.